The standard InChI is InChI=1S/C13H19NO3S/c1-9(10-6-5-7-18-10)14(4)11(15)8-13(2,3)12(16)17/h5-7,9H,8H2,1-4H3,(H,16,17). The number of carboxylic acids is 1. The first-order chi connectivity index (χ1) is 8.25. The van der Waals surface area contributed by atoms with Crippen molar-refractivity contribution in [3.05, 3.63) is 22.4 Å². The Labute approximate surface area is 111 Å². The number of aliphatic carboxylic acids is 1. The number of thiophene rings is 1. The van der Waals surface area contributed by atoms with E-state index in [2.05, 4.69) is 0 Å². The van der Waals surface area contributed by atoms with E-state index in [0.29, 0.717) is 0 Å². The van der Waals surface area contributed by atoms with Crippen LogP contribution >= 0.6 is 11.3 Å². The maximum Gasteiger partial charge on any atom is 0.309 e. The van der Waals surface area contributed by atoms with Crippen molar-refractivity contribution in [1.29, 1.82) is 0 Å². The minimum atomic E-state index is -1.03. The molecule has 0 saturated heterocycles. The van der Waals surface area contributed by atoms with Gasteiger partial charge in [0.1, 0.15) is 0 Å². The Morgan fingerprint density at radius 1 is 1.50 bits per heavy atom. The molecule has 1 unspecified atom stereocenters. The number of rotatable bonds is 5. The van der Waals surface area contributed by atoms with Gasteiger partial charge < -0.3 is 10.0 Å². The van der Waals surface area contributed by atoms with Gasteiger partial charge in [-0.25, -0.2) is 0 Å². The third-order valence-electron chi connectivity index (χ3n) is 3.10. The summed E-state index contributed by atoms with van der Waals surface area (Å²) in [6.45, 7) is 5.07. The first-order valence-corrected chi connectivity index (χ1v) is 6.66. The highest BCUT2D eigenvalue weighted by Crippen LogP contribution is 2.27. The zero-order chi connectivity index (χ0) is 13.9. The van der Waals surface area contributed by atoms with E-state index in [1.165, 1.54) is 0 Å². The van der Waals surface area contributed by atoms with Crippen molar-refractivity contribution in [2.45, 2.75) is 33.2 Å². The Balaban J connectivity index is 2.70. The van der Waals surface area contributed by atoms with Crippen LogP contribution in [0.15, 0.2) is 17.5 Å². The summed E-state index contributed by atoms with van der Waals surface area (Å²) in [5.74, 6) is -1.10. The average Bonchev–Trinajstić information content (AvgIpc) is 2.79. The fourth-order valence-electron chi connectivity index (χ4n) is 1.51. The number of carboxylic acid groups (broad SMARTS) is 1. The Morgan fingerprint density at radius 2 is 2.11 bits per heavy atom. The Kier molecular flexibility index (Phi) is 4.51. The summed E-state index contributed by atoms with van der Waals surface area (Å²) in [6.07, 6.45) is 0.00848. The molecular weight excluding hydrogens is 250 g/mol. The molecule has 4 nitrogen and oxygen atoms in total. The van der Waals surface area contributed by atoms with Gasteiger partial charge in [-0.3, -0.25) is 9.59 Å². The van der Waals surface area contributed by atoms with E-state index in [4.69, 9.17) is 5.11 Å². The lowest BCUT2D eigenvalue weighted by molar-refractivity contribution is -0.151. The van der Waals surface area contributed by atoms with Crippen molar-refractivity contribution in [1.82, 2.24) is 4.90 Å². The van der Waals surface area contributed by atoms with Gasteiger partial charge in [-0.15, -0.1) is 11.3 Å². The Bertz CT molecular complexity index is 425. The van der Waals surface area contributed by atoms with Crippen LogP contribution in [0.4, 0.5) is 0 Å². The highest BCUT2D eigenvalue weighted by molar-refractivity contribution is 7.10. The van der Waals surface area contributed by atoms with Crippen molar-refractivity contribution < 1.29 is 14.7 Å². The van der Waals surface area contributed by atoms with Crippen LogP contribution in [0.2, 0.25) is 0 Å². The second-order valence-corrected chi connectivity index (χ2v) is 6.04. The van der Waals surface area contributed by atoms with Crippen molar-refractivity contribution in [2.24, 2.45) is 5.41 Å². The van der Waals surface area contributed by atoms with E-state index in [9.17, 15) is 9.59 Å². The molecule has 0 spiro atoms. The first-order valence-electron chi connectivity index (χ1n) is 5.78. The molecule has 18 heavy (non-hydrogen) atoms. The molecule has 1 aromatic heterocycles. The molecule has 1 atom stereocenters. The van der Waals surface area contributed by atoms with Gasteiger partial charge >= 0.3 is 5.97 Å². The van der Waals surface area contributed by atoms with Crippen molar-refractivity contribution in [2.75, 3.05) is 7.05 Å². The largest absolute Gasteiger partial charge is 0.481 e. The summed E-state index contributed by atoms with van der Waals surface area (Å²) in [5.41, 5.74) is -1.03. The summed E-state index contributed by atoms with van der Waals surface area (Å²) in [6, 6.07) is 3.89. The van der Waals surface area contributed by atoms with Crippen LogP contribution in [0.3, 0.4) is 0 Å². The molecule has 1 amide bonds. The van der Waals surface area contributed by atoms with E-state index in [1.54, 1.807) is 37.1 Å². The molecule has 0 aliphatic rings. The lowest BCUT2D eigenvalue weighted by atomic mass is 9.89. The van der Waals surface area contributed by atoms with Gasteiger partial charge in [-0.05, 0) is 32.2 Å². The van der Waals surface area contributed by atoms with Gasteiger partial charge in [0.15, 0.2) is 0 Å². The number of carbonyl (C=O) groups is 2. The quantitative estimate of drug-likeness (QED) is 0.894. The molecule has 0 aliphatic carbocycles. The number of hydrogen-bond donors (Lipinski definition) is 1. The highest BCUT2D eigenvalue weighted by Gasteiger charge is 2.32. The van der Waals surface area contributed by atoms with Crippen LogP contribution in [-0.2, 0) is 9.59 Å². The molecular formula is C13H19NO3S. The van der Waals surface area contributed by atoms with E-state index in [-0.39, 0.29) is 18.4 Å². The van der Waals surface area contributed by atoms with Crippen LogP contribution in [0.25, 0.3) is 0 Å². The fraction of sp³-hybridized carbons (Fsp3) is 0.538. The normalized spacial score (nSPS) is 13.1. The maximum absolute atomic E-state index is 12.1. The zero-order valence-corrected chi connectivity index (χ0v) is 12.0. The van der Waals surface area contributed by atoms with Gasteiger partial charge in [-0.2, -0.15) is 0 Å². The van der Waals surface area contributed by atoms with E-state index >= 15 is 0 Å². The lowest BCUT2D eigenvalue weighted by Gasteiger charge is -2.27. The summed E-state index contributed by atoms with van der Waals surface area (Å²) in [7, 11) is 1.71. The number of amides is 1. The third-order valence-corrected chi connectivity index (χ3v) is 4.14. The van der Waals surface area contributed by atoms with Crippen molar-refractivity contribution in [3.8, 4) is 0 Å². The molecule has 5 heteroatoms. The molecule has 0 saturated carbocycles. The molecule has 0 radical (unpaired) electrons. The van der Waals surface area contributed by atoms with Crippen LogP contribution < -0.4 is 0 Å². The minimum absolute atomic E-state index is 0.00848. The number of nitrogens with zero attached hydrogens (tertiary/aromatic N) is 1. The number of carbonyl (C=O) groups excluding carboxylic acids is 1. The Morgan fingerprint density at radius 3 is 2.56 bits per heavy atom. The minimum Gasteiger partial charge on any atom is -0.481 e. The van der Waals surface area contributed by atoms with E-state index < -0.39 is 11.4 Å². The highest BCUT2D eigenvalue weighted by atomic mass is 32.1. The summed E-state index contributed by atoms with van der Waals surface area (Å²) in [4.78, 5) is 25.8. The topological polar surface area (TPSA) is 57.6 Å². The summed E-state index contributed by atoms with van der Waals surface area (Å²) in [5, 5.41) is 11.0. The van der Waals surface area contributed by atoms with Gasteiger partial charge in [-0.1, -0.05) is 6.07 Å². The third kappa shape index (κ3) is 3.32. The predicted molar refractivity (Wildman–Crippen MR) is 71.5 cm³/mol. The van der Waals surface area contributed by atoms with Crippen LogP contribution in [0, 0.1) is 5.41 Å². The smallest absolute Gasteiger partial charge is 0.309 e. The monoisotopic (exact) mass is 269 g/mol. The molecule has 1 heterocycles. The van der Waals surface area contributed by atoms with Gasteiger partial charge in [0, 0.05) is 18.3 Å². The molecule has 0 fully saturated rings. The Hall–Kier alpha value is -1.36. The second kappa shape index (κ2) is 5.52. The van der Waals surface area contributed by atoms with E-state index in [0.717, 1.165) is 4.88 Å². The lowest BCUT2D eigenvalue weighted by Crippen LogP contribution is -2.35. The van der Waals surface area contributed by atoms with Crippen molar-refractivity contribution >= 4 is 23.2 Å². The van der Waals surface area contributed by atoms with Crippen LogP contribution in [-0.4, -0.2) is 28.9 Å². The summed E-state index contributed by atoms with van der Waals surface area (Å²) >= 11 is 1.59. The fourth-order valence-corrected chi connectivity index (χ4v) is 2.34. The molecule has 0 aromatic carbocycles. The van der Waals surface area contributed by atoms with Gasteiger partial charge in [0.2, 0.25) is 5.91 Å². The first kappa shape index (κ1) is 14.7. The van der Waals surface area contributed by atoms with E-state index in [1.807, 2.05) is 24.4 Å². The SMILES string of the molecule is CC(c1cccs1)N(C)C(=O)CC(C)(C)C(=O)O. The molecule has 1 rings (SSSR count). The number of hydrogen-bond acceptors (Lipinski definition) is 3. The van der Waals surface area contributed by atoms with Gasteiger partial charge in [0.25, 0.3) is 0 Å². The molecule has 1 aromatic rings. The molecule has 100 valence electrons. The average molecular weight is 269 g/mol. The molecule has 1 N–H and O–H groups in total. The van der Waals surface area contributed by atoms with Crippen LogP contribution in [0.5, 0.6) is 0 Å². The van der Waals surface area contributed by atoms with Crippen LogP contribution in [0.1, 0.15) is 38.1 Å². The molecule has 0 bridgehead atoms. The molecule has 0 aliphatic heterocycles. The van der Waals surface area contributed by atoms with Crippen molar-refractivity contribution in [3.63, 3.8) is 0 Å². The van der Waals surface area contributed by atoms with Gasteiger partial charge in [0.05, 0.1) is 11.5 Å². The second-order valence-electron chi connectivity index (χ2n) is 5.06. The summed E-state index contributed by atoms with van der Waals surface area (Å²) < 4.78 is 0. The predicted octanol–water partition coefficient (Wildman–Crippen LogP) is 2.77. The maximum atomic E-state index is 12.1. The zero-order valence-electron chi connectivity index (χ0n) is 11.1.